The molecule has 0 radical (unpaired) electrons. The van der Waals surface area contributed by atoms with E-state index in [1.54, 1.807) is 0 Å². The molecule has 0 aliphatic carbocycles. The number of aliphatic hydroxyl groups excluding tert-OH is 1. The van der Waals surface area contributed by atoms with E-state index in [4.69, 9.17) is 10.8 Å². The Kier molecular flexibility index (Phi) is 4.07. The molecule has 0 saturated carbocycles. The van der Waals surface area contributed by atoms with Gasteiger partial charge < -0.3 is 15.7 Å². The molecule has 9 nitrogen and oxygen atoms in total. The maximum absolute atomic E-state index is 11.0. The highest BCUT2D eigenvalue weighted by atomic mass is 16.6. The maximum Gasteiger partial charge on any atom is 0.353 e. The molecule has 0 aromatic carbocycles. The van der Waals surface area contributed by atoms with Crippen molar-refractivity contribution in [3.63, 3.8) is 0 Å². The molecular formula is C10H16N6O3. The quantitative estimate of drug-likeness (QED) is 0.531. The highest BCUT2D eigenvalue weighted by Gasteiger charge is 2.27. The van der Waals surface area contributed by atoms with Crippen LogP contribution in [0.4, 0.5) is 17.3 Å². The van der Waals surface area contributed by atoms with Gasteiger partial charge >= 0.3 is 5.69 Å². The number of anilines is 2. The maximum atomic E-state index is 11.0. The van der Waals surface area contributed by atoms with Gasteiger partial charge in [-0.1, -0.05) is 0 Å². The highest BCUT2D eigenvalue weighted by Crippen LogP contribution is 2.30. The second-order valence-electron chi connectivity index (χ2n) is 4.24. The SMILES string of the molecule is Nc1ncnc(N2CCN(CCO)CC2)c1[N+](=O)[O-]. The van der Waals surface area contributed by atoms with Gasteiger partial charge in [0.25, 0.3) is 0 Å². The highest BCUT2D eigenvalue weighted by molar-refractivity contribution is 5.68. The number of nitrogens with two attached hydrogens (primary N) is 1. The zero-order chi connectivity index (χ0) is 13.8. The van der Waals surface area contributed by atoms with Crippen LogP contribution in [-0.4, -0.2) is 64.2 Å². The fraction of sp³-hybridized carbons (Fsp3) is 0.600. The minimum atomic E-state index is -0.551. The molecule has 0 amide bonds. The normalized spacial score (nSPS) is 16.6. The average molecular weight is 268 g/mol. The second kappa shape index (κ2) is 5.76. The molecule has 0 bridgehead atoms. The van der Waals surface area contributed by atoms with Gasteiger partial charge in [0.05, 0.1) is 11.5 Å². The van der Waals surface area contributed by atoms with E-state index in [1.807, 2.05) is 4.90 Å². The van der Waals surface area contributed by atoms with E-state index in [0.717, 1.165) is 13.1 Å². The number of rotatable bonds is 4. The summed E-state index contributed by atoms with van der Waals surface area (Å²) in [5.41, 5.74) is 5.30. The standard InChI is InChI=1S/C10H16N6O3/c11-9-8(16(18)19)10(13-7-12-9)15-3-1-14(2-4-15)5-6-17/h7,17H,1-6H2,(H2,11,12,13). The zero-order valence-electron chi connectivity index (χ0n) is 10.4. The minimum Gasteiger partial charge on any atom is -0.395 e. The van der Waals surface area contributed by atoms with Crippen LogP contribution in [0.2, 0.25) is 0 Å². The van der Waals surface area contributed by atoms with Crippen LogP contribution < -0.4 is 10.6 Å². The van der Waals surface area contributed by atoms with Crippen molar-refractivity contribution in [1.29, 1.82) is 0 Å². The van der Waals surface area contributed by atoms with Crippen molar-refractivity contribution in [3.8, 4) is 0 Å². The lowest BCUT2D eigenvalue weighted by molar-refractivity contribution is -0.383. The van der Waals surface area contributed by atoms with Crippen molar-refractivity contribution >= 4 is 17.3 Å². The third-order valence-electron chi connectivity index (χ3n) is 3.10. The van der Waals surface area contributed by atoms with Gasteiger partial charge in [-0.2, -0.15) is 0 Å². The summed E-state index contributed by atoms with van der Waals surface area (Å²) in [6, 6.07) is 0. The molecule has 104 valence electrons. The molecule has 19 heavy (non-hydrogen) atoms. The Hall–Kier alpha value is -2.00. The summed E-state index contributed by atoms with van der Waals surface area (Å²) in [5, 5.41) is 19.9. The second-order valence-corrected chi connectivity index (χ2v) is 4.24. The molecule has 2 heterocycles. The van der Waals surface area contributed by atoms with Crippen molar-refractivity contribution in [2.45, 2.75) is 0 Å². The van der Waals surface area contributed by atoms with Crippen LogP contribution in [0.25, 0.3) is 0 Å². The average Bonchev–Trinajstić information content (AvgIpc) is 2.39. The van der Waals surface area contributed by atoms with E-state index in [9.17, 15) is 10.1 Å². The Morgan fingerprint density at radius 3 is 2.63 bits per heavy atom. The van der Waals surface area contributed by atoms with Crippen molar-refractivity contribution in [1.82, 2.24) is 14.9 Å². The van der Waals surface area contributed by atoms with Gasteiger partial charge in [-0.15, -0.1) is 0 Å². The summed E-state index contributed by atoms with van der Waals surface area (Å²) < 4.78 is 0. The zero-order valence-corrected chi connectivity index (χ0v) is 10.4. The van der Waals surface area contributed by atoms with Gasteiger partial charge in [0.1, 0.15) is 6.33 Å². The Balaban J connectivity index is 2.15. The van der Waals surface area contributed by atoms with Gasteiger partial charge in [0.15, 0.2) is 0 Å². The molecule has 1 aromatic rings. The fourth-order valence-electron chi connectivity index (χ4n) is 2.11. The first-order valence-corrected chi connectivity index (χ1v) is 5.96. The van der Waals surface area contributed by atoms with Gasteiger partial charge in [-0.3, -0.25) is 15.0 Å². The molecule has 1 aliphatic rings. The van der Waals surface area contributed by atoms with Crippen LogP contribution in [0.5, 0.6) is 0 Å². The topological polar surface area (TPSA) is 122 Å². The Morgan fingerprint density at radius 2 is 2.05 bits per heavy atom. The van der Waals surface area contributed by atoms with Crippen LogP contribution in [-0.2, 0) is 0 Å². The summed E-state index contributed by atoms with van der Waals surface area (Å²) in [6.45, 7) is 3.39. The Labute approximate surface area is 109 Å². The summed E-state index contributed by atoms with van der Waals surface area (Å²) in [6.07, 6.45) is 1.23. The summed E-state index contributed by atoms with van der Waals surface area (Å²) in [5.74, 6) is 0.147. The van der Waals surface area contributed by atoms with Crippen LogP contribution >= 0.6 is 0 Å². The monoisotopic (exact) mass is 268 g/mol. The van der Waals surface area contributed by atoms with E-state index in [1.165, 1.54) is 6.33 Å². The van der Waals surface area contributed by atoms with E-state index in [2.05, 4.69) is 14.9 Å². The van der Waals surface area contributed by atoms with Gasteiger partial charge in [0.2, 0.25) is 11.6 Å². The van der Waals surface area contributed by atoms with Gasteiger partial charge in [-0.05, 0) is 0 Å². The molecule has 0 spiro atoms. The van der Waals surface area contributed by atoms with Gasteiger partial charge in [0, 0.05) is 32.7 Å². The first kappa shape index (κ1) is 13.4. The van der Waals surface area contributed by atoms with E-state index >= 15 is 0 Å². The molecule has 1 fully saturated rings. The van der Waals surface area contributed by atoms with Crippen LogP contribution in [0.15, 0.2) is 6.33 Å². The largest absolute Gasteiger partial charge is 0.395 e. The number of nitrogen functional groups attached to an aromatic ring is 1. The van der Waals surface area contributed by atoms with Crippen molar-refractivity contribution in [2.24, 2.45) is 0 Å². The minimum absolute atomic E-state index is 0.112. The van der Waals surface area contributed by atoms with Crippen molar-refractivity contribution < 1.29 is 10.0 Å². The van der Waals surface area contributed by atoms with Gasteiger partial charge in [-0.25, -0.2) is 9.97 Å². The summed E-state index contributed by atoms with van der Waals surface area (Å²) in [4.78, 5) is 22.0. The lowest BCUT2D eigenvalue weighted by Crippen LogP contribution is -2.47. The van der Waals surface area contributed by atoms with Crippen LogP contribution in [0.1, 0.15) is 0 Å². The predicted octanol–water partition coefficient (Wildman–Crippen LogP) is -0.919. The number of aliphatic hydroxyl groups is 1. The lowest BCUT2D eigenvalue weighted by atomic mass is 10.3. The summed E-state index contributed by atoms with van der Waals surface area (Å²) in [7, 11) is 0. The predicted molar refractivity (Wildman–Crippen MR) is 68.8 cm³/mol. The molecule has 1 aromatic heterocycles. The van der Waals surface area contributed by atoms with Crippen LogP contribution in [0, 0.1) is 10.1 Å². The van der Waals surface area contributed by atoms with E-state index in [-0.39, 0.29) is 23.9 Å². The lowest BCUT2D eigenvalue weighted by Gasteiger charge is -2.34. The number of nitro groups is 1. The number of β-amino-alcohol motifs (C(OH)–C–C–N with tert-alkyl or cyclic N) is 1. The number of aromatic nitrogens is 2. The Bertz CT molecular complexity index is 461. The van der Waals surface area contributed by atoms with E-state index < -0.39 is 4.92 Å². The molecule has 9 heteroatoms. The smallest absolute Gasteiger partial charge is 0.353 e. The van der Waals surface area contributed by atoms with E-state index in [0.29, 0.717) is 19.6 Å². The molecule has 1 saturated heterocycles. The molecule has 0 unspecified atom stereocenters. The first-order chi connectivity index (χ1) is 9.13. The number of hydrogen-bond acceptors (Lipinski definition) is 8. The molecule has 2 rings (SSSR count). The number of nitrogens with zero attached hydrogens (tertiary/aromatic N) is 5. The third kappa shape index (κ3) is 2.88. The van der Waals surface area contributed by atoms with Crippen molar-refractivity contribution in [3.05, 3.63) is 16.4 Å². The molecule has 3 N–H and O–H groups in total. The molecule has 0 atom stereocenters. The molecular weight excluding hydrogens is 252 g/mol. The van der Waals surface area contributed by atoms with Crippen LogP contribution in [0.3, 0.4) is 0 Å². The molecule has 1 aliphatic heterocycles. The Morgan fingerprint density at radius 1 is 1.37 bits per heavy atom. The third-order valence-corrected chi connectivity index (χ3v) is 3.10. The summed E-state index contributed by atoms with van der Waals surface area (Å²) >= 11 is 0. The first-order valence-electron chi connectivity index (χ1n) is 5.96. The van der Waals surface area contributed by atoms with Crippen molar-refractivity contribution in [2.75, 3.05) is 50.0 Å². The fourth-order valence-corrected chi connectivity index (χ4v) is 2.11. The number of hydrogen-bond donors (Lipinski definition) is 2. The number of piperazine rings is 1.